The fourth-order valence-corrected chi connectivity index (χ4v) is 2.79. The highest BCUT2D eigenvalue weighted by atomic mass is 35.5. The maximum Gasteiger partial charge on any atom is 0.274 e. The Balaban J connectivity index is 2.26. The molecule has 0 saturated carbocycles. The maximum absolute atomic E-state index is 12.4. The lowest BCUT2D eigenvalue weighted by Crippen LogP contribution is -2.30. The summed E-state index contributed by atoms with van der Waals surface area (Å²) >= 11 is 13.4. The molecule has 1 unspecified atom stereocenters. The quantitative estimate of drug-likeness (QED) is 0.792. The number of halogens is 2. The summed E-state index contributed by atoms with van der Waals surface area (Å²) in [6.07, 6.45) is 0. The first kappa shape index (κ1) is 14.3. The van der Waals surface area contributed by atoms with E-state index in [0.717, 1.165) is 4.88 Å². The van der Waals surface area contributed by atoms with Crippen molar-refractivity contribution in [1.29, 1.82) is 0 Å². The van der Waals surface area contributed by atoms with Gasteiger partial charge in [-0.25, -0.2) is 4.98 Å². The fraction of sp³-hybridized carbons (Fsp3) is 0.231. The van der Waals surface area contributed by atoms with E-state index in [9.17, 15) is 4.79 Å². The van der Waals surface area contributed by atoms with Gasteiger partial charge in [-0.2, -0.15) is 0 Å². The molecule has 3 nitrogen and oxygen atoms in total. The smallest absolute Gasteiger partial charge is 0.274 e. The van der Waals surface area contributed by atoms with Gasteiger partial charge in [-0.1, -0.05) is 29.3 Å². The summed E-state index contributed by atoms with van der Waals surface area (Å²) in [6, 6.07) is 7.05. The molecule has 1 amide bonds. The van der Waals surface area contributed by atoms with E-state index in [0.29, 0.717) is 5.02 Å². The molecule has 0 N–H and O–H groups in total. The monoisotopic (exact) mass is 314 g/mol. The molecule has 0 bridgehead atoms. The maximum atomic E-state index is 12.4. The normalized spacial score (nSPS) is 12.2. The first-order chi connectivity index (χ1) is 9.00. The highest BCUT2D eigenvalue weighted by Gasteiger charge is 2.22. The van der Waals surface area contributed by atoms with Crippen LogP contribution in [0.3, 0.4) is 0 Å². The van der Waals surface area contributed by atoms with Crippen LogP contribution in [0.1, 0.15) is 28.3 Å². The summed E-state index contributed by atoms with van der Waals surface area (Å²) in [5.74, 6) is -0.242. The summed E-state index contributed by atoms with van der Waals surface area (Å²) in [7, 11) is 1.73. The molecule has 0 saturated heterocycles. The van der Waals surface area contributed by atoms with Gasteiger partial charge in [0.1, 0.15) is 10.8 Å². The van der Waals surface area contributed by atoms with E-state index >= 15 is 0 Å². The van der Waals surface area contributed by atoms with Gasteiger partial charge in [0.2, 0.25) is 0 Å². The number of carbonyl (C=O) groups excluding carboxylic acids is 1. The van der Waals surface area contributed by atoms with Crippen LogP contribution in [-0.4, -0.2) is 22.8 Å². The molecule has 100 valence electrons. The van der Waals surface area contributed by atoms with Crippen molar-refractivity contribution in [2.45, 2.75) is 13.0 Å². The number of hydrogen-bond acceptors (Lipinski definition) is 3. The standard InChI is InChI=1S/C13H12Cl2N2OS/c1-8(10-4-3-7-19-10)17(2)13(18)12-9(14)5-6-11(15)16-12/h3-8H,1-2H3. The van der Waals surface area contributed by atoms with Crippen LogP contribution in [0.25, 0.3) is 0 Å². The van der Waals surface area contributed by atoms with Crippen molar-refractivity contribution in [1.82, 2.24) is 9.88 Å². The Bertz CT molecular complexity index is 586. The molecule has 0 fully saturated rings. The molecule has 2 heterocycles. The largest absolute Gasteiger partial charge is 0.333 e. The molecule has 6 heteroatoms. The number of hydrogen-bond donors (Lipinski definition) is 0. The number of nitrogens with zero attached hydrogens (tertiary/aromatic N) is 2. The van der Waals surface area contributed by atoms with Crippen LogP contribution >= 0.6 is 34.5 Å². The molecule has 2 aromatic heterocycles. The lowest BCUT2D eigenvalue weighted by Gasteiger charge is -2.24. The van der Waals surface area contributed by atoms with Crippen LogP contribution in [-0.2, 0) is 0 Å². The average Bonchev–Trinajstić information content (AvgIpc) is 2.93. The molecule has 0 radical (unpaired) electrons. The van der Waals surface area contributed by atoms with Crippen molar-refractivity contribution in [3.8, 4) is 0 Å². The summed E-state index contributed by atoms with van der Waals surface area (Å²) in [5, 5.41) is 2.54. The number of rotatable bonds is 3. The van der Waals surface area contributed by atoms with Crippen LogP contribution in [0.15, 0.2) is 29.6 Å². The Hall–Kier alpha value is -1.10. The van der Waals surface area contributed by atoms with Gasteiger partial charge in [-0.05, 0) is 30.5 Å². The zero-order chi connectivity index (χ0) is 14.0. The molecule has 0 aliphatic rings. The molecular formula is C13H12Cl2N2OS. The van der Waals surface area contributed by atoms with Gasteiger partial charge in [-0.3, -0.25) is 4.79 Å². The first-order valence-corrected chi connectivity index (χ1v) is 7.27. The predicted molar refractivity (Wildman–Crippen MR) is 79.1 cm³/mol. The van der Waals surface area contributed by atoms with E-state index in [2.05, 4.69) is 4.98 Å². The Morgan fingerprint density at radius 3 is 2.74 bits per heavy atom. The summed E-state index contributed by atoms with van der Waals surface area (Å²) in [6.45, 7) is 1.96. The third kappa shape index (κ3) is 3.08. The highest BCUT2D eigenvalue weighted by Crippen LogP contribution is 2.26. The van der Waals surface area contributed by atoms with Gasteiger partial charge in [0.05, 0.1) is 11.1 Å². The van der Waals surface area contributed by atoms with E-state index in [4.69, 9.17) is 23.2 Å². The minimum atomic E-state index is -0.242. The summed E-state index contributed by atoms with van der Waals surface area (Å²) < 4.78 is 0. The van der Waals surface area contributed by atoms with Gasteiger partial charge in [0.25, 0.3) is 5.91 Å². The van der Waals surface area contributed by atoms with Crippen molar-refractivity contribution in [3.63, 3.8) is 0 Å². The Morgan fingerprint density at radius 2 is 2.11 bits per heavy atom. The Labute approximate surface area is 125 Å². The Morgan fingerprint density at radius 1 is 1.37 bits per heavy atom. The average molecular weight is 315 g/mol. The lowest BCUT2D eigenvalue weighted by molar-refractivity contribution is 0.0739. The van der Waals surface area contributed by atoms with Crippen molar-refractivity contribution >= 4 is 40.4 Å². The SMILES string of the molecule is CC(c1cccs1)N(C)C(=O)c1nc(Cl)ccc1Cl. The van der Waals surface area contributed by atoms with E-state index in [-0.39, 0.29) is 22.8 Å². The lowest BCUT2D eigenvalue weighted by atomic mass is 10.2. The molecule has 0 aliphatic heterocycles. The van der Waals surface area contributed by atoms with Crippen molar-refractivity contribution < 1.29 is 4.79 Å². The molecule has 2 rings (SSSR count). The number of amides is 1. The molecule has 1 atom stereocenters. The van der Waals surface area contributed by atoms with Crippen molar-refractivity contribution in [2.75, 3.05) is 7.05 Å². The fourth-order valence-electron chi connectivity index (χ4n) is 1.63. The van der Waals surface area contributed by atoms with Crippen LogP contribution in [0.2, 0.25) is 10.2 Å². The number of thiophene rings is 1. The van der Waals surface area contributed by atoms with Gasteiger partial charge in [0.15, 0.2) is 0 Å². The van der Waals surface area contributed by atoms with Crippen LogP contribution in [0, 0.1) is 0 Å². The second kappa shape index (κ2) is 5.90. The first-order valence-electron chi connectivity index (χ1n) is 5.63. The molecule has 2 aromatic rings. The zero-order valence-electron chi connectivity index (χ0n) is 10.4. The molecule has 0 aliphatic carbocycles. The van der Waals surface area contributed by atoms with Crippen molar-refractivity contribution in [2.24, 2.45) is 0 Å². The predicted octanol–water partition coefficient (Wildman–Crippen LogP) is 4.28. The van der Waals surface area contributed by atoms with E-state index in [1.807, 2.05) is 24.4 Å². The van der Waals surface area contributed by atoms with E-state index in [1.54, 1.807) is 35.4 Å². The van der Waals surface area contributed by atoms with Crippen LogP contribution in [0.4, 0.5) is 0 Å². The molecular weight excluding hydrogens is 303 g/mol. The second-order valence-corrected chi connectivity index (χ2v) is 5.85. The molecule has 0 aromatic carbocycles. The third-order valence-corrected chi connectivity index (χ3v) is 4.43. The second-order valence-electron chi connectivity index (χ2n) is 4.07. The van der Waals surface area contributed by atoms with Crippen LogP contribution in [0.5, 0.6) is 0 Å². The minimum absolute atomic E-state index is 0.0376. The van der Waals surface area contributed by atoms with Gasteiger partial charge in [0, 0.05) is 11.9 Å². The third-order valence-electron chi connectivity index (χ3n) is 2.87. The zero-order valence-corrected chi connectivity index (χ0v) is 12.8. The van der Waals surface area contributed by atoms with Gasteiger partial charge < -0.3 is 4.90 Å². The van der Waals surface area contributed by atoms with Gasteiger partial charge in [-0.15, -0.1) is 11.3 Å². The molecule has 0 spiro atoms. The summed E-state index contributed by atoms with van der Waals surface area (Å²) in [5.41, 5.74) is 0.181. The highest BCUT2D eigenvalue weighted by molar-refractivity contribution is 7.10. The van der Waals surface area contributed by atoms with Crippen LogP contribution < -0.4 is 0 Å². The topological polar surface area (TPSA) is 33.2 Å². The van der Waals surface area contributed by atoms with E-state index in [1.165, 1.54) is 0 Å². The Kier molecular flexibility index (Phi) is 4.45. The van der Waals surface area contributed by atoms with Gasteiger partial charge >= 0.3 is 0 Å². The van der Waals surface area contributed by atoms with Crippen molar-refractivity contribution in [3.05, 3.63) is 50.4 Å². The number of pyridine rings is 1. The minimum Gasteiger partial charge on any atom is -0.333 e. The number of aromatic nitrogens is 1. The van der Waals surface area contributed by atoms with E-state index < -0.39 is 0 Å². The summed E-state index contributed by atoms with van der Waals surface area (Å²) in [4.78, 5) is 19.1. The molecule has 19 heavy (non-hydrogen) atoms. The number of carbonyl (C=O) groups is 1.